The zero-order chi connectivity index (χ0) is 11.4. The van der Waals surface area contributed by atoms with E-state index in [1.165, 1.54) is 13.1 Å². The van der Waals surface area contributed by atoms with E-state index < -0.39 is 12.0 Å². The van der Waals surface area contributed by atoms with E-state index in [-0.39, 0.29) is 18.2 Å². The fraction of sp³-hybridized carbons (Fsp3) is 0.222. The Morgan fingerprint density at radius 3 is 2.81 bits per heavy atom. The SMILES string of the molecule is CC(Nc1ncccc1C(=N)N)C(=O)O.Cl. The van der Waals surface area contributed by atoms with E-state index in [1.807, 2.05) is 0 Å². The van der Waals surface area contributed by atoms with Crippen LogP contribution in [-0.2, 0) is 4.79 Å². The number of nitrogen functional groups attached to an aromatic ring is 1. The quantitative estimate of drug-likeness (QED) is 0.459. The summed E-state index contributed by atoms with van der Waals surface area (Å²) in [5.41, 5.74) is 5.72. The van der Waals surface area contributed by atoms with Crippen molar-refractivity contribution in [1.82, 2.24) is 4.98 Å². The number of halogens is 1. The first-order chi connectivity index (χ1) is 7.02. The molecular weight excluding hydrogens is 232 g/mol. The Balaban J connectivity index is 0.00000225. The molecular formula is C9H13ClN4O2. The summed E-state index contributed by atoms with van der Waals surface area (Å²) >= 11 is 0. The molecule has 0 bridgehead atoms. The van der Waals surface area contributed by atoms with Crippen LogP contribution >= 0.6 is 12.4 Å². The van der Waals surface area contributed by atoms with Crippen molar-refractivity contribution in [2.24, 2.45) is 5.73 Å². The van der Waals surface area contributed by atoms with Crippen molar-refractivity contribution >= 4 is 30.0 Å². The number of aliphatic carboxylic acids is 1. The van der Waals surface area contributed by atoms with E-state index in [0.717, 1.165) is 0 Å². The number of carboxylic acids is 1. The van der Waals surface area contributed by atoms with Crippen LogP contribution in [0.25, 0.3) is 0 Å². The van der Waals surface area contributed by atoms with E-state index in [4.69, 9.17) is 16.2 Å². The normalized spacial score (nSPS) is 11.1. The third-order valence-corrected chi connectivity index (χ3v) is 1.82. The number of anilines is 1. The summed E-state index contributed by atoms with van der Waals surface area (Å²) < 4.78 is 0. The monoisotopic (exact) mass is 244 g/mol. The predicted octanol–water partition coefficient (Wildman–Crippen LogP) is 0.672. The summed E-state index contributed by atoms with van der Waals surface area (Å²) in [6.07, 6.45) is 1.50. The van der Waals surface area contributed by atoms with Gasteiger partial charge < -0.3 is 16.2 Å². The molecule has 0 saturated carbocycles. The van der Waals surface area contributed by atoms with Gasteiger partial charge in [0.05, 0.1) is 5.56 Å². The molecule has 0 spiro atoms. The first-order valence-electron chi connectivity index (χ1n) is 4.31. The number of nitrogens with one attached hydrogen (secondary N) is 2. The van der Waals surface area contributed by atoms with Crippen molar-refractivity contribution in [3.05, 3.63) is 23.9 Å². The highest BCUT2D eigenvalue weighted by Crippen LogP contribution is 2.11. The van der Waals surface area contributed by atoms with Gasteiger partial charge in [0.2, 0.25) is 0 Å². The maximum Gasteiger partial charge on any atom is 0.325 e. The van der Waals surface area contributed by atoms with Gasteiger partial charge in [-0.2, -0.15) is 0 Å². The van der Waals surface area contributed by atoms with Gasteiger partial charge in [0.25, 0.3) is 0 Å². The maximum atomic E-state index is 10.6. The summed E-state index contributed by atoms with van der Waals surface area (Å²) in [7, 11) is 0. The molecule has 1 aromatic heterocycles. The number of amidine groups is 1. The predicted molar refractivity (Wildman–Crippen MR) is 63.2 cm³/mol. The van der Waals surface area contributed by atoms with Crippen LogP contribution in [0.15, 0.2) is 18.3 Å². The Morgan fingerprint density at radius 2 is 2.31 bits per heavy atom. The number of pyridine rings is 1. The molecule has 5 N–H and O–H groups in total. The lowest BCUT2D eigenvalue weighted by molar-refractivity contribution is -0.137. The molecule has 0 aliphatic carbocycles. The molecule has 1 atom stereocenters. The second kappa shape index (κ2) is 5.92. The number of aromatic nitrogens is 1. The fourth-order valence-corrected chi connectivity index (χ4v) is 1.00. The third-order valence-electron chi connectivity index (χ3n) is 1.82. The van der Waals surface area contributed by atoms with Crippen LogP contribution in [-0.4, -0.2) is 27.9 Å². The highest BCUT2D eigenvalue weighted by molar-refractivity contribution is 5.99. The zero-order valence-electron chi connectivity index (χ0n) is 8.60. The standard InChI is InChI=1S/C9H12N4O2.ClH/c1-5(9(14)15)13-8-6(7(10)11)3-2-4-12-8;/h2-5H,1H3,(H3,10,11)(H,12,13)(H,14,15);1H. The summed E-state index contributed by atoms with van der Waals surface area (Å²) in [6, 6.07) is 2.46. The van der Waals surface area contributed by atoms with Gasteiger partial charge in [0, 0.05) is 6.20 Å². The highest BCUT2D eigenvalue weighted by atomic mass is 35.5. The van der Waals surface area contributed by atoms with Gasteiger partial charge in [-0.25, -0.2) is 4.98 Å². The van der Waals surface area contributed by atoms with Gasteiger partial charge in [-0.05, 0) is 19.1 Å². The number of hydrogen-bond donors (Lipinski definition) is 4. The second-order valence-electron chi connectivity index (χ2n) is 3.02. The number of nitrogens with zero attached hydrogens (tertiary/aromatic N) is 1. The molecule has 0 saturated heterocycles. The van der Waals surface area contributed by atoms with E-state index in [9.17, 15) is 4.79 Å². The molecule has 1 heterocycles. The minimum atomic E-state index is -0.991. The molecule has 0 aliphatic heterocycles. The first kappa shape index (κ1) is 14.2. The van der Waals surface area contributed by atoms with Crippen molar-refractivity contribution in [2.75, 3.05) is 5.32 Å². The number of hydrogen-bond acceptors (Lipinski definition) is 4. The van der Waals surface area contributed by atoms with Crippen LogP contribution in [0, 0.1) is 5.41 Å². The van der Waals surface area contributed by atoms with E-state index in [1.54, 1.807) is 12.1 Å². The number of carbonyl (C=O) groups is 1. The Bertz CT molecular complexity index is 397. The molecule has 88 valence electrons. The van der Waals surface area contributed by atoms with Crippen molar-refractivity contribution in [1.29, 1.82) is 5.41 Å². The molecule has 0 radical (unpaired) electrons. The summed E-state index contributed by atoms with van der Waals surface area (Å²) in [5, 5.41) is 18.6. The largest absolute Gasteiger partial charge is 0.480 e. The van der Waals surface area contributed by atoms with Crippen LogP contribution in [0.2, 0.25) is 0 Å². The summed E-state index contributed by atoms with van der Waals surface area (Å²) in [5.74, 6) is -0.835. The Morgan fingerprint density at radius 1 is 1.69 bits per heavy atom. The van der Waals surface area contributed by atoms with Gasteiger partial charge in [0.1, 0.15) is 17.7 Å². The van der Waals surface area contributed by atoms with Crippen LogP contribution in [0.1, 0.15) is 12.5 Å². The lowest BCUT2D eigenvalue weighted by Crippen LogP contribution is -2.27. The molecule has 0 aliphatic rings. The van der Waals surface area contributed by atoms with Crippen molar-refractivity contribution in [3.63, 3.8) is 0 Å². The van der Waals surface area contributed by atoms with Crippen LogP contribution in [0.3, 0.4) is 0 Å². The number of carboxylic acid groups (broad SMARTS) is 1. The third kappa shape index (κ3) is 3.39. The van der Waals surface area contributed by atoms with Gasteiger partial charge in [-0.3, -0.25) is 10.2 Å². The topological polar surface area (TPSA) is 112 Å². The molecule has 6 nitrogen and oxygen atoms in total. The molecule has 1 rings (SSSR count). The Kier molecular flexibility index (Phi) is 5.24. The molecule has 0 aromatic carbocycles. The number of nitrogens with two attached hydrogens (primary N) is 1. The van der Waals surface area contributed by atoms with Crippen LogP contribution < -0.4 is 11.1 Å². The van der Waals surface area contributed by atoms with Gasteiger partial charge in [0.15, 0.2) is 0 Å². The van der Waals surface area contributed by atoms with Crippen LogP contribution in [0.5, 0.6) is 0 Å². The summed E-state index contributed by atoms with van der Waals surface area (Å²) in [4.78, 5) is 14.5. The van der Waals surface area contributed by atoms with Crippen molar-refractivity contribution < 1.29 is 9.90 Å². The fourth-order valence-electron chi connectivity index (χ4n) is 1.00. The summed E-state index contributed by atoms with van der Waals surface area (Å²) in [6.45, 7) is 1.49. The molecule has 1 aromatic rings. The lowest BCUT2D eigenvalue weighted by Gasteiger charge is -2.12. The van der Waals surface area contributed by atoms with E-state index >= 15 is 0 Å². The zero-order valence-corrected chi connectivity index (χ0v) is 9.41. The first-order valence-corrected chi connectivity index (χ1v) is 4.31. The molecule has 16 heavy (non-hydrogen) atoms. The van der Waals surface area contributed by atoms with Crippen molar-refractivity contribution in [2.45, 2.75) is 13.0 Å². The lowest BCUT2D eigenvalue weighted by atomic mass is 10.2. The minimum absolute atomic E-state index is 0. The molecule has 1 unspecified atom stereocenters. The smallest absolute Gasteiger partial charge is 0.325 e. The minimum Gasteiger partial charge on any atom is -0.480 e. The van der Waals surface area contributed by atoms with Gasteiger partial charge in [-0.1, -0.05) is 0 Å². The Hall–Kier alpha value is -1.82. The second-order valence-corrected chi connectivity index (χ2v) is 3.02. The molecule has 0 amide bonds. The van der Waals surface area contributed by atoms with E-state index in [0.29, 0.717) is 11.4 Å². The average Bonchev–Trinajstić information content (AvgIpc) is 2.18. The molecule has 7 heteroatoms. The van der Waals surface area contributed by atoms with Crippen molar-refractivity contribution in [3.8, 4) is 0 Å². The van der Waals surface area contributed by atoms with Crippen LogP contribution in [0.4, 0.5) is 5.82 Å². The average molecular weight is 245 g/mol. The van der Waals surface area contributed by atoms with Gasteiger partial charge in [-0.15, -0.1) is 12.4 Å². The Labute approximate surface area is 98.8 Å². The highest BCUT2D eigenvalue weighted by Gasteiger charge is 2.13. The number of rotatable bonds is 4. The van der Waals surface area contributed by atoms with Gasteiger partial charge >= 0.3 is 5.97 Å². The maximum absolute atomic E-state index is 10.6. The van der Waals surface area contributed by atoms with E-state index in [2.05, 4.69) is 10.3 Å². The molecule has 0 fully saturated rings.